The van der Waals surface area contributed by atoms with Crippen molar-refractivity contribution in [2.24, 2.45) is 5.92 Å². The first kappa shape index (κ1) is 16.0. The molecule has 0 saturated carbocycles. The van der Waals surface area contributed by atoms with Gasteiger partial charge in [-0.2, -0.15) is 0 Å². The van der Waals surface area contributed by atoms with E-state index >= 15 is 0 Å². The number of aromatic amines is 1. The highest BCUT2D eigenvalue weighted by Crippen LogP contribution is 2.27. The minimum Gasteiger partial charge on any atom is -0.374 e. The molecular weight excluding hydrogens is 292 g/mol. The summed E-state index contributed by atoms with van der Waals surface area (Å²) < 4.78 is 5.67. The van der Waals surface area contributed by atoms with Gasteiger partial charge in [0, 0.05) is 36.7 Å². The average Bonchev–Trinajstić information content (AvgIpc) is 3.10. The second-order valence-electron chi connectivity index (χ2n) is 6.65. The van der Waals surface area contributed by atoms with E-state index in [4.69, 9.17) is 4.74 Å². The quantitative estimate of drug-likeness (QED) is 0.839. The molecule has 0 bridgehead atoms. The highest BCUT2D eigenvalue weighted by atomic mass is 16.5. The van der Waals surface area contributed by atoms with Gasteiger partial charge in [-0.3, -0.25) is 9.59 Å². The van der Waals surface area contributed by atoms with Crippen molar-refractivity contribution in [1.82, 2.24) is 10.3 Å². The van der Waals surface area contributed by atoms with E-state index in [1.165, 1.54) is 0 Å². The largest absolute Gasteiger partial charge is 0.374 e. The molecule has 1 aliphatic carbocycles. The van der Waals surface area contributed by atoms with Gasteiger partial charge in [0.1, 0.15) is 5.69 Å². The maximum Gasteiger partial charge on any atom is 0.268 e. The molecule has 2 atom stereocenters. The van der Waals surface area contributed by atoms with Gasteiger partial charge in [-0.25, -0.2) is 0 Å². The van der Waals surface area contributed by atoms with Crippen molar-refractivity contribution in [2.75, 3.05) is 13.2 Å². The zero-order chi connectivity index (χ0) is 16.6. The van der Waals surface area contributed by atoms with E-state index in [1.54, 1.807) is 0 Å². The molecule has 1 aromatic rings. The number of Topliss-reactive ketones (excluding diaryl/α,β-unsaturated/α-hetero) is 1. The molecule has 23 heavy (non-hydrogen) atoms. The monoisotopic (exact) mass is 316 g/mol. The molecule has 1 aliphatic heterocycles. The fraction of sp³-hybridized carbons (Fsp3) is 0.556. The molecule has 0 spiro atoms. The Hall–Kier alpha value is -1.88. The van der Waals surface area contributed by atoms with Gasteiger partial charge in [0.05, 0.1) is 6.10 Å². The zero-order valence-corrected chi connectivity index (χ0v) is 13.8. The third-order valence-electron chi connectivity index (χ3n) is 4.89. The SMILES string of the molecule is C=C(C)[C@H]1OCC[C@H]1CNC(=O)c1[nH]c2c(c1C)C(=O)CCC2. The van der Waals surface area contributed by atoms with E-state index in [0.717, 1.165) is 41.7 Å². The number of ketones is 1. The molecule has 2 heterocycles. The summed E-state index contributed by atoms with van der Waals surface area (Å²) >= 11 is 0. The fourth-order valence-electron chi connectivity index (χ4n) is 3.70. The van der Waals surface area contributed by atoms with E-state index in [0.29, 0.717) is 25.3 Å². The first-order valence-corrected chi connectivity index (χ1v) is 8.29. The summed E-state index contributed by atoms with van der Waals surface area (Å²) in [5.41, 5.74) is 3.94. The number of amides is 1. The van der Waals surface area contributed by atoms with Crippen LogP contribution in [0.2, 0.25) is 0 Å². The Labute approximate surface area is 136 Å². The predicted molar refractivity (Wildman–Crippen MR) is 87.8 cm³/mol. The van der Waals surface area contributed by atoms with Crippen LogP contribution in [-0.2, 0) is 11.2 Å². The molecule has 0 aromatic carbocycles. The smallest absolute Gasteiger partial charge is 0.268 e. The van der Waals surface area contributed by atoms with Crippen molar-refractivity contribution >= 4 is 11.7 Å². The molecule has 5 heteroatoms. The van der Waals surface area contributed by atoms with Crippen molar-refractivity contribution in [3.63, 3.8) is 0 Å². The first-order valence-electron chi connectivity index (χ1n) is 8.29. The number of ether oxygens (including phenoxy) is 1. The summed E-state index contributed by atoms with van der Waals surface area (Å²) in [5.74, 6) is 0.269. The number of aromatic nitrogens is 1. The number of aryl methyl sites for hydroxylation is 1. The summed E-state index contributed by atoms with van der Waals surface area (Å²) in [6.07, 6.45) is 3.22. The average molecular weight is 316 g/mol. The predicted octanol–water partition coefficient (Wildman–Crippen LogP) is 2.55. The Bertz CT molecular complexity index is 659. The Morgan fingerprint density at radius 3 is 2.91 bits per heavy atom. The summed E-state index contributed by atoms with van der Waals surface area (Å²) in [4.78, 5) is 27.7. The summed E-state index contributed by atoms with van der Waals surface area (Å²) in [6.45, 7) is 9.04. The number of nitrogens with one attached hydrogen (secondary N) is 2. The lowest BCUT2D eigenvalue weighted by atomic mass is 9.93. The summed E-state index contributed by atoms with van der Waals surface area (Å²) in [6, 6.07) is 0. The molecule has 0 unspecified atom stereocenters. The molecule has 1 aromatic heterocycles. The van der Waals surface area contributed by atoms with Crippen LogP contribution in [0.1, 0.15) is 58.3 Å². The Morgan fingerprint density at radius 1 is 1.43 bits per heavy atom. The van der Waals surface area contributed by atoms with Crippen molar-refractivity contribution < 1.29 is 14.3 Å². The van der Waals surface area contributed by atoms with Gasteiger partial charge in [-0.1, -0.05) is 12.2 Å². The normalized spacial score (nSPS) is 23.7. The molecule has 124 valence electrons. The van der Waals surface area contributed by atoms with Crippen molar-refractivity contribution in [2.45, 2.75) is 45.6 Å². The maximum absolute atomic E-state index is 12.5. The molecule has 1 fully saturated rings. The topological polar surface area (TPSA) is 71.2 Å². The number of H-pyrrole nitrogens is 1. The zero-order valence-electron chi connectivity index (χ0n) is 13.8. The first-order chi connectivity index (χ1) is 11.0. The highest BCUT2D eigenvalue weighted by molar-refractivity contribution is 6.04. The molecule has 3 rings (SSSR count). The van der Waals surface area contributed by atoms with Gasteiger partial charge in [-0.05, 0) is 38.7 Å². The van der Waals surface area contributed by atoms with Gasteiger partial charge < -0.3 is 15.0 Å². The van der Waals surface area contributed by atoms with Crippen LogP contribution in [0.5, 0.6) is 0 Å². The van der Waals surface area contributed by atoms with Crippen LogP contribution in [0.4, 0.5) is 0 Å². The third-order valence-corrected chi connectivity index (χ3v) is 4.89. The molecule has 0 radical (unpaired) electrons. The van der Waals surface area contributed by atoms with Crippen LogP contribution in [0.3, 0.4) is 0 Å². The van der Waals surface area contributed by atoms with Crippen LogP contribution < -0.4 is 5.32 Å². The minimum atomic E-state index is -0.142. The van der Waals surface area contributed by atoms with Gasteiger partial charge in [0.25, 0.3) is 5.91 Å². The lowest BCUT2D eigenvalue weighted by Gasteiger charge is -2.18. The second kappa shape index (κ2) is 6.32. The van der Waals surface area contributed by atoms with Crippen LogP contribution in [0, 0.1) is 12.8 Å². The molecule has 2 N–H and O–H groups in total. The second-order valence-corrected chi connectivity index (χ2v) is 6.65. The number of hydrogen-bond donors (Lipinski definition) is 2. The Kier molecular flexibility index (Phi) is 4.39. The number of hydrogen-bond acceptors (Lipinski definition) is 3. The van der Waals surface area contributed by atoms with E-state index in [9.17, 15) is 9.59 Å². The van der Waals surface area contributed by atoms with Gasteiger partial charge in [0.15, 0.2) is 5.78 Å². The number of carbonyl (C=O) groups is 2. The van der Waals surface area contributed by atoms with Crippen LogP contribution in [0.25, 0.3) is 0 Å². The van der Waals surface area contributed by atoms with E-state index in [1.807, 2.05) is 13.8 Å². The molecule has 5 nitrogen and oxygen atoms in total. The molecular formula is C18H24N2O3. The summed E-state index contributed by atoms with van der Waals surface area (Å²) in [7, 11) is 0. The van der Waals surface area contributed by atoms with E-state index in [-0.39, 0.29) is 23.7 Å². The van der Waals surface area contributed by atoms with E-state index < -0.39 is 0 Å². The number of fused-ring (bicyclic) bond motifs is 1. The van der Waals surface area contributed by atoms with Crippen LogP contribution in [0.15, 0.2) is 12.2 Å². The Balaban J connectivity index is 1.70. The number of carbonyl (C=O) groups excluding carboxylic acids is 2. The number of rotatable bonds is 4. The molecule has 1 saturated heterocycles. The fourth-order valence-corrected chi connectivity index (χ4v) is 3.70. The van der Waals surface area contributed by atoms with Crippen molar-refractivity contribution in [1.29, 1.82) is 0 Å². The highest BCUT2D eigenvalue weighted by Gasteiger charge is 2.30. The molecule has 2 aliphatic rings. The standard InChI is InChI=1S/C18H24N2O3/c1-10(2)17-12(7-8-23-17)9-19-18(22)16-11(3)15-13(20-16)5-4-6-14(15)21/h12,17,20H,1,4-9H2,2-3H3,(H,19,22)/t12-,17+/m0/s1. The Morgan fingerprint density at radius 2 is 2.22 bits per heavy atom. The van der Waals surface area contributed by atoms with Crippen molar-refractivity contribution in [3.8, 4) is 0 Å². The van der Waals surface area contributed by atoms with Crippen molar-refractivity contribution in [3.05, 3.63) is 34.7 Å². The summed E-state index contributed by atoms with van der Waals surface area (Å²) in [5, 5.41) is 2.99. The lowest BCUT2D eigenvalue weighted by molar-refractivity contribution is 0.0920. The van der Waals surface area contributed by atoms with E-state index in [2.05, 4.69) is 16.9 Å². The lowest BCUT2D eigenvalue weighted by Crippen LogP contribution is -2.33. The maximum atomic E-state index is 12.5. The van der Waals surface area contributed by atoms with Crippen LogP contribution in [-0.4, -0.2) is 35.9 Å². The van der Waals surface area contributed by atoms with Gasteiger partial charge in [-0.15, -0.1) is 0 Å². The molecule has 1 amide bonds. The van der Waals surface area contributed by atoms with Gasteiger partial charge in [0.2, 0.25) is 0 Å². The van der Waals surface area contributed by atoms with Gasteiger partial charge >= 0.3 is 0 Å². The van der Waals surface area contributed by atoms with Crippen LogP contribution >= 0.6 is 0 Å². The third kappa shape index (κ3) is 2.98. The minimum absolute atomic E-state index is 0.0230.